The number of likely N-dealkylation sites (tertiary alicyclic amines) is 1. The van der Waals surface area contributed by atoms with Gasteiger partial charge in [0.15, 0.2) is 0 Å². The topological polar surface area (TPSA) is 46.6 Å². The van der Waals surface area contributed by atoms with Gasteiger partial charge in [-0.3, -0.25) is 9.59 Å². The first-order valence-electron chi connectivity index (χ1n) is 7.06. The fraction of sp³-hybridized carbons (Fsp3) is 0.857. The maximum atomic E-state index is 12.5. The van der Waals surface area contributed by atoms with Crippen LogP contribution in [-0.4, -0.2) is 42.4 Å². The second-order valence-electron chi connectivity index (χ2n) is 5.50. The highest BCUT2D eigenvalue weighted by Gasteiger charge is 2.32. The van der Waals surface area contributed by atoms with E-state index in [1.54, 1.807) is 6.92 Å². The third-order valence-corrected chi connectivity index (χ3v) is 3.94. The summed E-state index contributed by atoms with van der Waals surface area (Å²) >= 11 is 0. The number of ether oxygens (including phenoxy) is 1. The summed E-state index contributed by atoms with van der Waals surface area (Å²) in [6.07, 6.45) is 5.58. The molecule has 0 aromatic carbocycles. The maximum absolute atomic E-state index is 12.5. The number of hydrogen-bond acceptors (Lipinski definition) is 3. The third kappa shape index (κ3) is 3.31. The molecular weight excluding hydrogens is 230 g/mol. The van der Waals surface area contributed by atoms with Crippen molar-refractivity contribution in [3.8, 4) is 0 Å². The van der Waals surface area contributed by atoms with Crippen LogP contribution in [0.1, 0.15) is 45.4 Å². The largest absolute Gasteiger partial charge is 0.381 e. The number of nitrogens with zero attached hydrogens (tertiary/aromatic N) is 1. The molecular formula is C14H23NO3. The van der Waals surface area contributed by atoms with E-state index in [-0.39, 0.29) is 23.7 Å². The Balaban J connectivity index is 1.98. The van der Waals surface area contributed by atoms with Gasteiger partial charge in [-0.25, -0.2) is 0 Å². The summed E-state index contributed by atoms with van der Waals surface area (Å²) in [5, 5.41) is 0. The van der Waals surface area contributed by atoms with Gasteiger partial charge in [-0.05, 0) is 39.0 Å². The first-order valence-corrected chi connectivity index (χ1v) is 7.06. The Morgan fingerprint density at radius 1 is 1.22 bits per heavy atom. The minimum atomic E-state index is 0.0197. The lowest BCUT2D eigenvalue weighted by Gasteiger charge is -2.38. The van der Waals surface area contributed by atoms with E-state index in [1.807, 2.05) is 4.90 Å². The molecule has 2 atom stereocenters. The molecule has 18 heavy (non-hydrogen) atoms. The molecule has 2 heterocycles. The lowest BCUT2D eigenvalue weighted by molar-refractivity contribution is -0.144. The molecule has 0 N–H and O–H groups in total. The van der Waals surface area contributed by atoms with Crippen molar-refractivity contribution in [3.05, 3.63) is 0 Å². The van der Waals surface area contributed by atoms with E-state index < -0.39 is 0 Å². The number of piperidine rings is 1. The molecule has 102 valence electrons. The number of hydrogen-bond donors (Lipinski definition) is 0. The minimum absolute atomic E-state index is 0.0197. The number of rotatable bonds is 3. The van der Waals surface area contributed by atoms with Gasteiger partial charge < -0.3 is 9.64 Å². The van der Waals surface area contributed by atoms with Crippen LogP contribution in [-0.2, 0) is 14.3 Å². The highest BCUT2D eigenvalue weighted by molar-refractivity contribution is 5.81. The molecule has 0 saturated carbocycles. The molecule has 2 saturated heterocycles. The molecule has 0 aliphatic carbocycles. The van der Waals surface area contributed by atoms with Crippen molar-refractivity contribution in [2.45, 2.75) is 51.5 Å². The number of ketones is 1. The normalized spacial score (nSPS) is 29.1. The molecule has 0 bridgehead atoms. The van der Waals surface area contributed by atoms with Gasteiger partial charge in [0.25, 0.3) is 0 Å². The van der Waals surface area contributed by atoms with Crippen molar-refractivity contribution in [1.29, 1.82) is 0 Å². The van der Waals surface area contributed by atoms with Crippen LogP contribution in [0.25, 0.3) is 0 Å². The van der Waals surface area contributed by atoms with Crippen molar-refractivity contribution < 1.29 is 14.3 Å². The van der Waals surface area contributed by atoms with Crippen molar-refractivity contribution in [2.75, 3.05) is 19.8 Å². The van der Waals surface area contributed by atoms with Crippen LogP contribution in [0.15, 0.2) is 0 Å². The van der Waals surface area contributed by atoms with Crippen LogP contribution < -0.4 is 0 Å². The van der Waals surface area contributed by atoms with Crippen molar-refractivity contribution >= 4 is 11.7 Å². The van der Waals surface area contributed by atoms with Gasteiger partial charge in [0.1, 0.15) is 5.78 Å². The van der Waals surface area contributed by atoms with Gasteiger partial charge in [0, 0.05) is 25.6 Å². The quantitative estimate of drug-likeness (QED) is 0.770. The molecule has 4 heteroatoms. The van der Waals surface area contributed by atoms with Crippen LogP contribution in [0, 0.1) is 5.92 Å². The van der Waals surface area contributed by atoms with Gasteiger partial charge in [0.05, 0.1) is 12.5 Å². The Kier molecular flexibility index (Phi) is 4.75. The molecule has 0 radical (unpaired) electrons. The van der Waals surface area contributed by atoms with E-state index in [4.69, 9.17) is 4.74 Å². The molecule has 2 aliphatic rings. The van der Waals surface area contributed by atoms with Crippen LogP contribution in [0.2, 0.25) is 0 Å². The molecule has 2 aliphatic heterocycles. The highest BCUT2D eigenvalue weighted by atomic mass is 16.5. The smallest absolute Gasteiger partial charge is 0.228 e. The van der Waals surface area contributed by atoms with E-state index in [9.17, 15) is 9.59 Å². The van der Waals surface area contributed by atoms with Gasteiger partial charge in [-0.15, -0.1) is 0 Å². The highest BCUT2D eigenvalue weighted by Crippen LogP contribution is 2.24. The molecule has 0 aromatic rings. The Morgan fingerprint density at radius 2 is 2.06 bits per heavy atom. The second kappa shape index (κ2) is 6.32. The average Bonchev–Trinajstić information content (AvgIpc) is 2.39. The lowest BCUT2D eigenvalue weighted by Crippen LogP contribution is -2.48. The SMILES string of the molecule is CC(=O)CC1CCCCN1C(=O)C1CCCOC1. The van der Waals surface area contributed by atoms with Crippen molar-refractivity contribution in [3.63, 3.8) is 0 Å². The van der Waals surface area contributed by atoms with Crippen molar-refractivity contribution in [1.82, 2.24) is 4.90 Å². The zero-order valence-electron chi connectivity index (χ0n) is 11.2. The Labute approximate surface area is 109 Å². The van der Waals surface area contributed by atoms with E-state index in [0.29, 0.717) is 13.0 Å². The molecule has 2 fully saturated rings. The van der Waals surface area contributed by atoms with Crippen molar-refractivity contribution in [2.24, 2.45) is 5.92 Å². The van der Waals surface area contributed by atoms with Crippen LogP contribution in [0.3, 0.4) is 0 Å². The molecule has 1 amide bonds. The Bertz CT molecular complexity index is 310. The number of carbonyl (C=O) groups is 2. The molecule has 2 rings (SSSR count). The first-order chi connectivity index (χ1) is 8.68. The summed E-state index contributed by atoms with van der Waals surface area (Å²) in [5.74, 6) is 0.409. The summed E-state index contributed by atoms with van der Waals surface area (Å²) in [5.41, 5.74) is 0. The lowest BCUT2D eigenvalue weighted by atomic mass is 9.94. The summed E-state index contributed by atoms with van der Waals surface area (Å²) in [7, 11) is 0. The zero-order valence-corrected chi connectivity index (χ0v) is 11.2. The number of amides is 1. The Morgan fingerprint density at radius 3 is 2.72 bits per heavy atom. The van der Waals surface area contributed by atoms with E-state index >= 15 is 0 Å². The predicted octanol–water partition coefficient (Wildman–Crippen LogP) is 1.77. The Hall–Kier alpha value is -0.900. The van der Waals surface area contributed by atoms with E-state index in [1.165, 1.54) is 0 Å². The molecule has 4 nitrogen and oxygen atoms in total. The zero-order chi connectivity index (χ0) is 13.0. The summed E-state index contributed by atoms with van der Waals surface area (Å²) in [6, 6.07) is 0.130. The van der Waals surface area contributed by atoms with Gasteiger partial charge in [-0.2, -0.15) is 0 Å². The first kappa shape index (κ1) is 13.5. The van der Waals surface area contributed by atoms with Crippen LogP contribution >= 0.6 is 0 Å². The monoisotopic (exact) mass is 253 g/mol. The fourth-order valence-corrected chi connectivity index (χ4v) is 3.00. The molecule has 2 unspecified atom stereocenters. The number of Topliss-reactive ketones (excluding diaryl/α,β-unsaturated/α-hetero) is 1. The molecule has 0 aromatic heterocycles. The van der Waals surface area contributed by atoms with Crippen LogP contribution in [0.4, 0.5) is 0 Å². The maximum Gasteiger partial charge on any atom is 0.228 e. The summed E-state index contributed by atoms with van der Waals surface area (Å²) in [6.45, 7) is 3.76. The van der Waals surface area contributed by atoms with E-state index in [2.05, 4.69) is 0 Å². The van der Waals surface area contributed by atoms with Gasteiger partial charge >= 0.3 is 0 Å². The summed E-state index contributed by atoms with van der Waals surface area (Å²) < 4.78 is 5.40. The van der Waals surface area contributed by atoms with Crippen LogP contribution in [0.5, 0.6) is 0 Å². The van der Waals surface area contributed by atoms with Gasteiger partial charge in [-0.1, -0.05) is 0 Å². The fourth-order valence-electron chi connectivity index (χ4n) is 3.00. The standard InChI is InChI=1S/C14H23NO3/c1-11(16)9-13-6-2-3-7-15(13)14(17)12-5-4-8-18-10-12/h12-13H,2-10H2,1H3. The summed E-state index contributed by atoms with van der Waals surface area (Å²) in [4.78, 5) is 25.7. The van der Waals surface area contributed by atoms with Gasteiger partial charge in [0.2, 0.25) is 5.91 Å². The second-order valence-corrected chi connectivity index (χ2v) is 5.50. The number of carbonyl (C=O) groups excluding carboxylic acids is 2. The molecule has 0 spiro atoms. The average molecular weight is 253 g/mol. The third-order valence-electron chi connectivity index (χ3n) is 3.94. The van der Waals surface area contributed by atoms with E-state index in [0.717, 1.165) is 45.3 Å². The predicted molar refractivity (Wildman–Crippen MR) is 68.2 cm³/mol. The minimum Gasteiger partial charge on any atom is -0.381 e.